The molecule has 228 valence electrons. The number of rotatable bonds is 30. The molecule has 9 nitrogen and oxygen atoms in total. The van der Waals surface area contributed by atoms with E-state index in [9.17, 15) is 24.3 Å². The molecular weight excluding hydrogens is 502 g/mol. The van der Waals surface area contributed by atoms with E-state index < -0.39 is 18.0 Å². The third kappa shape index (κ3) is 27.4. The standard InChI is InChI=1S/C30H55NO8/c1-2-38-24-25-39-23-17-18-26(32)21-22-27(30(36)37)31-28(33)19-15-13-11-9-7-5-3-4-6-8-10-12-14-16-20-29(34)35/h27H,2-25H2,1H3,(H,31,33)(H,34,35)(H,36,37)/t27-/m0/s1. The van der Waals surface area contributed by atoms with Crippen LogP contribution in [0.1, 0.15) is 135 Å². The SMILES string of the molecule is CCOCCOCCCC(=O)CC[C@H](NC(=O)CCCCCCCCCCCCCCCCC(=O)O)C(=O)O. The van der Waals surface area contributed by atoms with E-state index in [1.807, 2.05) is 6.92 Å². The van der Waals surface area contributed by atoms with Gasteiger partial charge in [-0.3, -0.25) is 14.4 Å². The second-order valence-electron chi connectivity index (χ2n) is 10.3. The molecular formula is C30H55NO8. The molecule has 39 heavy (non-hydrogen) atoms. The molecule has 1 atom stereocenters. The number of hydrogen-bond donors (Lipinski definition) is 3. The first kappa shape index (κ1) is 37.0. The Morgan fingerprint density at radius 1 is 0.590 bits per heavy atom. The Labute approximate surface area is 235 Å². The number of ether oxygens (including phenoxy) is 2. The number of carboxylic acids is 2. The Morgan fingerprint density at radius 2 is 1.08 bits per heavy atom. The molecule has 0 aliphatic rings. The van der Waals surface area contributed by atoms with Crippen LogP contribution in [-0.2, 0) is 28.7 Å². The maximum atomic E-state index is 12.2. The zero-order chi connectivity index (χ0) is 29.0. The van der Waals surface area contributed by atoms with Gasteiger partial charge >= 0.3 is 11.9 Å². The third-order valence-electron chi connectivity index (χ3n) is 6.71. The number of carboxylic acid groups (broad SMARTS) is 2. The first-order chi connectivity index (χ1) is 18.9. The van der Waals surface area contributed by atoms with Crippen molar-refractivity contribution in [3.8, 4) is 0 Å². The van der Waals surface area contributed by atoms with E-state index >= 15 is 0 Å². The lowest BCUT2D eigenvalue weighted by molar-refractivity contribution is -0.142. The van der Waals surface area contributed by atoms with Crippen LogP contribution in [0.15, 0.2) is 0 Å². The zero-order valence-corrected chi connectivity index (χ0v) is 24.4. The molecule has 0 aromatic heterocycles. The van der Waals surface area contributed by atoms with Crippen molar-refractivity contribution in [2.24, 2.45) is 0 Å². The van der Waals surface area contributed by atoms with Crippen molar-refractivity contribution >= 4 is 23.6 Å². The van der Waals surface area contributed by atoms with Gasteiger partial charge in [-0.15, -0.1) is 0 Å². The molecule has 0 aromatic rings. The van der Waals surface area contributed by atoms with Gasteiger partial charge in [0.15, 0.2) is 0 Å². The highest BCUT2D eigenvalue weighted by molar-refractivity contribution is 5.84. The van der Waals surface area contributed by atoms with Gasteiger partial charge in [0, 0.05) is 38.9 Å². The minimum atomic E-state index is -1.11. The van der Waals surface area contributed by atoms with E-state index in [1.165, 1.54) is 44.9 Å². The van der Waals surface area contributed by atoms with Crippen molar-refractivity contribution in [2.45, 2.75) is 141 Å². The summed E-state index contributed by atoms with van der Waals surface area (Å²) in [5.74, 6) is -2.09. The quantitative estimate of drug-likeness (QED) is 0.0905. The summed E-state index contributed by atoms with van der Waals surface area (Å²) >= 11 is 0. The molecule has 0 aliphatic heterocycles. The summed E-state index contributed by atoms with van der Waals surface area (Å²) in [5.41, 5.74) is 0. The maximum absolute atomic E-state index is 12.2. The van der Waals surface area contributed by atoms with Crippen molar-refractivity contribution in [1.82, 2.24) is 5.32 Å². The van der Waals surface area contributed by atoms with Crippen molar-refractivity contribution < 1.29 is 38.9 Å². The van der Waals surface area contributed by atoms with Crippen LogP contribution in [0.4, 0.5) is 0 Å². The Bertz CT molecular complexity index is 640. The largest absolute Gasteiger partial charge is 0.481 e. The molecule has 0 aliphatic carbocycles. The average molecular weight is 558 g/mol. The topological polar surface area (TPSA) is 139 Å². The summed E-state index contributed by atoms with van der Waals surface area (Å²) in [5, 5.41) is 20.6. The van der Waals surface area contributed by atoms with E-state index in [1.54, 1.807) is 0 Å². The lowest BCUT2D eigenvalue weighted by Crippen LogP contribution is -2.41. The molecule has 0 aromatic carbocycles. The molecule has 0 rings (SSSR count). The molecule has 0 saturated heterocycles. The van der Waals surface area contributed by atoms with Crippen LogP contribution in [0, 0.1) is 0 Å². The number of unbranched alkanes of at least 4 members (excludes halogenated alkanes) is 13. The van der Waals surface area contributed by atoms with Crippen LogP contribution >= 0.6 is 0 Å². The van der Waals surface area contributed by atoms with Crippen molar-refractivity contribution in [3.05, 3.63) is 0 Å². The second-order valence-corrected chi connectivity index (χ2v) is 10.3. The molecule has 0 bridgehead atoms. The second kappa shape index (κ2) is 27.6. The van der Waals surface area contributed by atoms with E-state index in [2.05, 4.69) is 5.32 Å². The minimum absolute atomic E-state index is 0.0196. The Morgan fingerprint density at radius 3 is 1.56 bits per heavy atom. The Balaban J connectivity index is 3.63. The number of ketones is 1. The van der Waals surface area contributed by atoms with Gasteiger partial charge in [-0.1, -0.05) is 77.0 Å². The molecule has 1 amide bonds. The predicted octanol–water partition coefficient (Wildman–Crippen LogP) is 6.06. The molecule has 3 N–H and O–H groups in total. The number of hydrogen-bond acceptors (Lipinski definition) is 6. The summed E-state index contributed by atoms with van der Waals surface area (Å²) in [4.78, 5) is 46.2. The highest BCUT2D eigenvalue weighted by Crippen LogP contribution is 2.14. The fourth-order valence-electron chi connectivity index (χ4n) is 4.37. The van der Waals surface area contributed by atoms with Crippen LogP contribution in [0.5, 0.6) is 0 Å². The zero-order valence-electron chi connectivity index (χ0n) is 24.4. The van der Waals surface area contributed by atoms with Crippen LogP contribution in [0.3, 0.4) is 0 Å². The average Bonchev–Trinajstić information content (AvgIpc) is 2.89. The smallest absolute Gasteiger partial charge is 0.326 e. The number of nitrogens with one attached hydrogen (secondary N) is 1. The summed E-state index contributed by atoms with van der Waals surface area (Å²) in [6.45, 7) is 4.06. The van der Waals surface area contributed by atoms with Gasteiger partial charge in [0.25, 0.3) is 0 Å². The first-order valence-electron chi connectivity index (χ1n) is 15.3. The Kier molecular flexibility index (Phi) is 26.1. The number of carbonyl (C=O) groups is 4. The number of Topliss-reactive ketones (excluding diaryl/α,β-unsaturated/α-hetero) is 1. The highest BCUT2D eigenvalue weighted by atomic mass is 16.5. The van der Waals surface area contributed by atoms with Gasteiger partial charge in [-0.2, -0.15) is 0 Å². The van der Waals surface area contributed by atoms with E-state index in [0.717, 1.165) is 44.9 Å². The van der Waals surface area contributed by atoms with Gasteiger partial charge in [0.2, 0.25) is 5.91 Å². The normalized spacial score (nSPS) is 11.8. The fourth-order valence-corrected chi connectivity index (χ4v) is 4.37. The first-order valence-corrected chi connectivity index (χ1v) is 15.3. The summed E-state index contributed by atoms with van der Waals surface area (Å²) in [6.07, 6.45) is 17.3. The van der Waals surface area contributed by atoms with Crippen molar-refractivity contribution in [1.29, 1.82) is 0 Å². The lowest BCUT2D eigenvalue weighted by atomic mass is 10.0. The third-order valence-corrected chi connectivity index (χ3v) is 6.71. The monoisotopic (exact) mass is 557 g/mol. The summed E-state index contributed by atoms with van der Waals surface area (Å²) in [7, 11) is 0. The van der Waals surface area contributed by atoms with Crippen molar-refractivity contribution in [2.75, 3.05) is 26.4 Å². The molecule has 0 heterocycles. The lowest BCUT2D eigenvalue weighted by Gasteiger charge is -2.14. The van der Waals surface area contributed by atoms with Crippen LogP contribution in [0.25, 0.3) is 0 Å². The van der Waals surface area contributed by atoms with E-state index in [4.69, 9.17) is 14.6 Å². The number of amides is 1. The van der Waals surface area contributed by atoms with Gasteiger partial charge in [0.1, 0.15) is 11.8 Å². The van der Waals surface area contributed by atoms with Crippen LogP contribution in [0.2, 0.25) is 0 Å². The minimum Gasteiger partial charge on any atom is -0.481 e. The molecule has 0 radical (unpaired) electrons. The van der Waals surface area contributed by atoms with E-state index in [-0.39, 0.29) is 31.0 Å². The summed E-state index contributed by atoms with van der Waals surface area (Å²) in [6, 6.07) is -1.03. The number of aliphatic carboxylic acids is 2. The molecule has 0 fully saturated rings. The van der Waals surface area contributed by atoms with Crippen LogP contribution < -0.4 is 5.32 Å². The Hall–Kier alpha value is -2.00. The molecule has 0 saturated carbocycles. The van der Waals surface area contributed by atoms with E-state index in [0.29, 0.717) is 45.7 Å². The predicted molar refractivity (Wildman–Crippen MR) is 152 cm³/mol. The maximum Gasteiger partial charge on any atom is 0.326 e. The fraction of sp³-hybridized carbons (Fsp3) is 0.867. The van der Waals surface area contributed by atoms with Gasteiger partial charge in [-0.25, -0.2) is 4.79 Å². The number of carbonyl (C=O) groups excluding carboxylic acids is 2. The molecule has 9 heteroatoms. The van der Waals surface area contributed by atoms with Gasteiger partial charge in [-0.05, 0) is 32.6 Å². The van der Waals surface area contributed by atoms with Gasteiger partial charge in [0.05, 0.1) is 13.2 Å². The highest BCUT2D eigenvalue weighted by Gasteiger charge is 2.20. The van der Waals surface area contributed by atoms with Gasteiger partial charge < -0.3 is 25.0 Å². The van der Waals surface area contributed by atoms with Crippen molar-refractivity contribution in [3.63, 3.8) is 0 Å². The van der Waals surface area contributed by atoms with Crippen LogP contribution in [-0.4, -0.2) is 66.3 Å². The molecule has 0 unspecified atom stereocenters. The summed E-state index contributed by atoms with van der Waals surface area (Å²) < 4.78 is 10.5. The molecule has 0 spiro atoms.